The SMILES string of the molecule is Cc1ccc2cccc([O][Ga][O]c3ccc(-c4ccc(-c5ccc([O][Ga][O]c6cccc7ccc(C)nc67)cc5)cc4)cc3)c2n1. The van der Waals surface area contributed by atoms with Gasteiger partial charge in [0.1, 0.15) is 0 Å². The van der Waals surface area contributed by atoms with Gasteiger partial charge in [-0.2, -0.15) is 0 Å². The Morgan fingerprint density at radius 2 is 0.761 bits per heavy atom. The molecule has 0 saturated heterocycles. The minimum atomic E-state index is -1.45. The number of pyridine rings is 2. The molecule has 0 atom stereocenters. The summed E-state index contributed by atoms with van der Waals surface area (Å²) in [5.41, 5.74) is 8.23. The van der Waals surface area contributed by atoms with E-state index in [-0.39, 0.29) is 0 Å². The fraction of sp³-hybridized carbons (Fsp3) is 0.0526. The second-order valence-electron chi connectivity index (χ2n) is 10.9. The van der Waals surface area contributed by atoms with E-state index in [9.17, 15) is 0 Å². The zero-order chi connectivity index (χ0) is 31.3. The van der Waals surface area contributed by atoms with Gasteiger partial charge in [-0.25, -0.2) is 0 Å². The minimum absolute atomic E-state index is 0.779. The van der Waals surface area contributed by atoms with Crippen molar-refractivity contribution < 1.29 is 14.1 Å². The molecule has 0 fully saturated rings. The predicted molar refractivity (Wildman–Crippen MR) is 184 cm³/mol. The van der Waals surface area contributed by atoms with Gasteiger partial charge in [0.25, 0.3) is 0 Å². The van der Waals surface area contributed by atoms with E-state index in [4.69, 9.17) is 14.1 Å². The van der Waals surface area contributed by atoms with Gasteiger partial charge in [0.15, 0.2) is 0 Å². The maximum atomic E-state index is 6.07. The van der Waals surface area contributed by atoms with Gasteiger partial charge in [-0.15, -0.1) is 0 Å². The number of aryl methyl sites for hydroxylation is 2. The normalized spacial score (nSPS) is 10.8. The van der Waals surface area contributed by atoms with Crippen LogP contribution in [0.3, 0.4) is 0 Å². The first-order chi connectivity index (χ1) is 22.6. The van der Waals surface area contributed by atoms with Gasteiger partial charge in [-0.1, -0.05) is 0 Å². The van der Waals surface area contributed by atoms with E-state index in [2.05, 4.69) is 70.6 Å². The summed E-state index contributed by atoms with van der Waals surface area (Å²) in [5.74, 6) is 3.18. The molecule has 0 saturated carbocycles. The number of benzene rings is 5. The van der Waals surface area contributed by atoms with Gasteiger partial charge in [0.2, 0.25) is 0 Å². The summed E-state index contributed by atoms with van der Waals surface area (Å²) in [5, 5.41) is 2.13. The summed E-state index contributed by atoms with van der Waals surface area (Å²) in [7, 11) is 0. The number of rotatable bonds is 10. The topological polar surface area (TPSA) is 62.7 Å². The Morgan fingerprint density at radius 1 is 0.391 bits per heavy atom. The maximum absolute atomic E-state index is 6.07. The first-order valence-electron chi connectivity index (χ1n) is 14.9. The second kappa shape index (κ2) is 13.8. The average molecular weight is 716 g/mol. The summed E-state index contributed by atoms with van der Waals surface area (Å²) in [6, 6.07) is 45.0. The molecule has 7 aromatic rings. The van der Waals surface area contributed by atoms with Crippen molar-refractivity contribution in [1.29, 1.82) is 0 Å². The molecule has 0 unspecified atom stereocenters. The molecular formula is C38H28Ga2N2O4. The summed E-state index contributed by atoms with van der Waals surface area (Å²) >= 11 is -2.91. The van der Waals surface area contributed by atoms with Gasteiger partial charge in [-0.3, -0.25) is 0 Å². The van der Waals surface area contributed by atoms with E-state index in [1.54, 1.807) is 0 Å². The number of nitrogens with zero attached hydrogens (tertiary/aromatic N) is 2. The Bertz CT molecular complexity index is 1970. The Hall–Kier alpha value is -4.61. The summed E-state index contributed by atoms with van der Waals surface area (Å²) < 4.78 is 24.2. The molecule has 0 aliphatic carbocycles. The zero-order valence-corrected chi connectivity index (χ0v) is 30.2. The molecular weight excluding hydrogens is 688 g/mol. The van der Waals surface area contributed by atoms with Gasteiger partial charge in [0, 0.05) is 0 Å². The molecule has 220 valence electrons. The first-order valence-corrected chi connectivity index (χ1v) is 18.9. The summed E-state index contributed by atoms with van der Waals surface area (Å²) in [6.45, 7) is 3.97. The monoisotopic (exact) mass is 714 g/mol. The molecule has 0 spiro atoms. The number of fused-ring (bicyclic) bond motifs is 2. The van der Waals surface area contributed by atoms with Gasteiger partial charge in [-0.05, 0) is 0 Å². The quantitative estimate of drug-likeness (QED) is 0.132. The Kier molecular flexibility index (Phi) is 9.02. The van der Waals surface area contributed by atoms with E-state index in [1.807, 2.05) is 86.6 Å². The molecule has 5 aromatic carbocycles. The average Bonchev–Trinajstić information content (AvgIpc) is 3.09. The van der Waals surface area contributed by atoms with Crippen LogP contribution in [0.5, 0.6) is 23.0 Å². The summed E-state index contributed by atoms with van der Waals surface area (Å²) in [6.07, 6.45) is 0. The van der Waals surface area contributed by atoms with Crippen LogP contribution in [0.4, 0.5) is 0 Å². The third-order valence-corrected chi connectivity index (χ3v) is 10.6. The molecule has 6 nitrogen and oxygen atoms in total. The molecule has 2 heterocycles. The van der Waals surface area contributed by atoms with Crippen LogP contribution >= 0.6 is 0 Å². The van der Waals surface area contributed by atoms with Crippen molar-refractivity contribution >= 4 is 58.1 Å². The van der Waals surface area contributed by atoms with Crippen LogP contribution in [0, 0.1) is 13.8 Å². The Balaban J connectivity index is 0.927. The fourth-order valence-corrected chi connectivity index (χ4v) is 7.76. The predicted octanol–water partition coefficient (Wildman–Crippen LogP) is 8.72. The molecule has 0 amide bonds. The van der Waals surface area contributed by atoms with Gasteiger partial charge < -0.3 is 0 Å². The Morgan fingerprint density at radius 3 is 1.15 bits per heavy atom. The zero-order valence-electron chi connectivity index (χ0n) is 25.4. The van der Waals surface area contributed by atoms with Crippen molar-refractivity contribution in [2.45, 2.75) is 13.8 Å². The van der Waals surface area contributed by atoms with E-state index < -0.39 is 36.3 Å². The molecule has 0 aliphatic rings. The van der Waals surface area contributed by atoms with Crippen molar-refractivity contribution in [3.05, 3.63) is 145 Å². The molecule has 8 heteroatoms. The Labute approximate surface area is 284 Å². The number of hydrogen-bond donors (Lipinski definition) is 0. The van der Waals surface area contributed by atoms with E-state index in [0.29, 0.717) is 0 Å². The number of para-hydroxylation sites is 2. The molecule has 0 N–H and O–H groups in total. The van der Waals surface area contributed by atoms with Gasteiger partial charge in [0.05, 0.1) is 0 Å². The number of aromatic nitrogens is 2. The molecule has 7 rings (SSSR count). The standard InChI is InChI=1S/C18H14O2.2C10H9NO.2Ga/c19-17-9-5-15(6-10-17)13-1-2-14(4-3-13)16-7-11-18(20)12-8-16;2*1-7-5-6-8-3-2-4-9(12)10(8)11-7;;/h1-12,19-20H;2*2-6,12H,1H3;;/q;;;2*+2/p-4. The molecule has 2 radical (unpaired) electrons. The van der Waals surface area contributed by atoms with Crippen LogP contribution < -0.4 is 14.1 Å². The first kappa shape index (κ1) is 30.1. The molecule has 0 bridgehead atoms. The fourth-order valence-electron chi connectivity index (χ4n) is 5.20. The van der Waals surface area contributed by atoms with Crippen molar-refractivity contribution in [3.63, 3.8) is 0 Å². The van der Waals surface area contributed by atoms with Crippen LogP contribution in [-0.4, -0.2) is 46.2 Å². The third kappa shape index (κ3) is 6.95. The van der Waals surface area contributed by atoms with Crippen LogP contribution in [0.25, 0.3) is 44.1 Å². The van der Waals surface area contributed by atoms with Crippen LogP contribution in [0.1, 0.15) is 11.4 Å². The summed E-state index contributed by atoms with van der Waals surface area (Å²) in [4.78, 5) is 9.28. The third-order valence-electron chi connectivity index (χ3n) is 7.62. The van der Waals surface area contributed by atoms with Gasteiger partial charge >= 0.3 is 286 Å². The number of hydrogen-bond acceptors (Lipinski definition) is 6. The van der Waals surface area contributed by atoms with Crippen LogP contribution in [-0.2, 0) is 0 Å². The van der Waals surface area contributed by atoms with Crippen molar-refractivity contribution in [2.75, 3.05) is 0 Å². The molecule has 0 aliphatic heterocycles. The van der Waals surface area contributed by atoms with Crippen molar-refractivity contribution in [1.82, 2.24) is 9.97 Å². The van der Waals surface area contributed by atoms with Crippen molar-refractivity contribution in [3.8, 4) is 45.3 Å². The van der Waals surface area contributed by atoms with E-state index >= 15 is 0 Å². The van der Waals surface area contributed by atoms with Crippen LogP contribution in [0.2, 0.25) is 0 Å². The second-order valence-corrected chi connectivity index (χ2v) is 13.6. The van der Waals surface area contributed by atoms with Crippen molar-refractivity contribution in [2.24, 2.45) is 0 Å². The van der Waals surface area contributed by atoms with E-state index in [1.165, 1.54) is 0 Å². The van der Waals surface area contributed by atoms with Crippen LogP contribution in [0.15, 0.2) is 133 Å². The van der Waals surface area contributed by atoms with E-state index in [0.717, 1.165) is 78.4 Å². The molecule has 46 heavy (non-hydrogen) atoms. The molecule has 2 aromatic heterocycles.